The lowest BCUT2D eigenvalue weighted by atomic mass is 10.1. The number of hydrogen-bond donors (Lipinski definition) is 3. The second-order valence-electron chi connectivity index (χ2n) is 8.04. The van der Waals surface area contributed by atoms with E-state index in [2.05, 4.69) is 25.6 Å². The molecular formula is C28H23N5O2S. The summed E-state index contributed by atoms with van der Waals surface area (Å²) in [5, 5.41) is 6.58. The van der Waals surface area contributed by atoms with E-state index in [-0.39, 0.29) is 11.8 Å². The first kappa shape index (κ1) is 23.3. The van der Waals surface area contributed by atoms with Gasteiger partial charge in [0.2, 0.25) is 0 Å². The molecule has 0 aliphatic heterocycles. The first-order valence-corrected chi connectivity index (χ1v) is 12.4. The Hall–Kier alpha value is -4.43. The zero-order valence-corrected chi connectivity index (χ0v) is 20.1. The van der Waals surface area contributed by atoms with E-state index < -0.39 is 0 Å². The maximum absolute atomic E-state index is 13.1. The molecule has 0 bridgehead atoms. The van der Waals surface area contributed by atoms with Gasteiger partial charge in [-0.25, -0.2) is 4.98 Å². The van der Waals surface area contributed by atoms with Gasteiger partial charge in [0.05, 0.1) is 23.3 Å². The average molecular weight is 494 g/mol. The summed E-state index contributed by atoms with van der Waals surface area (Å²) < 4.78 is 0. The highest BCUT2D eigenvalue weighted by molar-refractivity contribution is 7.98. The molecule has 36 heavy (non-hydrogen) atoms. The minimum Gasteiger partial charge on any atom is -0.346 e. The van der Waals surface area contributed by atoms with Crippen molar-refractivity contribution in [1.82, 2.24) is 20.3 Å². The molecule has 8 heteroatoms. The van der Waals surface area contributed by atoms with Gasteiger partial charge in [-0.15, -0.1) is 0 Å². The first-order chi connectivity index (χ1) is 17.7. The highest BCUT2D eigenvalue weighted by Crippen LogP contribution is 2.25. The predicted octanol–water partition coefficient (Wildman–Crippen LogP) is 5.43. The van der Waals surface area contributed by atoms with Crippen LogP contribution >= 0.6 is 11.8 Å². The number of pyridine rings is 1. The molecule has 0 atom stereocenters. The molecule has 3 aromatic carbocycles. The fraction of sp³-hybridized carbons (Fsp3) is 0.0714. The van der Waals surface area contributed by atoms with Gasteiger partial charge in [-0.3, -0.25) is 14.6 Å². The lowest BCUT2D eigenvalue weighted by Gasteiger charge is -2.11. The van der Waals surface area contributed by atoms with Gasteiger partial charge in [-0.2, -0.15) is 0 Å². The van der Waals surface area contributed by atoms with Crippen molar-refractivity contribution in [3.63, 3.8) is 0 Å². The lowest BCUT2D eigenvalue weighted by molar-refractivity contribution is 0.0949. The monoisotopic (exact) mass is 493 g/mol. The molecule has 0 fully saturated rings. The third-order valence-corrected chi connectivity index (χ3v) is 6.45. The quantitative estimate of drug-likeness (QED) is 0.250. The van der Waals surface area contributed by atoms with Gasteiger partial charge in [-0.05, 0) is 54.1 Å². The van der Waals surface area contributed by atoms with Gasteiger partial charge in [0, 0.05) is 28.8 Å². The SMILES string of the molecule is O=C(NCc1ccccn1)c1cccc(NC(=O)c2ccccc2CSc2nc3ccccc3[nH]2)c1. The van der Waals surface area contributed by atoms with Crippen molar-refractivity contribution in [3.8, 4) is 0 Å². The zero-order valence-electron chi connectivity index (χ0n) is 19.3. The van der Waals surface area contributed by atoms with E-state index >= 15 is 0 Å². The third kappa shape index (κ3) is 5.61. The number of anilines is 1. The molecule has 3 N–H and O–H groups in total. The number of imidazole rings is 1. The summed E-state index contributed by atoms with van der Waals surface area (Å²) in [6, 6.07) is 27.8. The number of carbonyl (C=O) groups excluding carboxylic acids is 2. The van der Waals surface area contributed by atoms with Crippen LogP contribution in [0.5, 0.6) is 0 Å². The standard InChI is InChI=1S/C28H23N5O2S/c34-26(30-17-22-10-5-6-15-29-22)19-9-7-11-21(16-19)31-27(35)23-12-2-1-8-20(23)18-36-28-32-24-13-3-4-14-25(24)33-28/h1-16H,17-18H2,(H,30,34)(H,31,35)(H,32,33). The number of rotatable bonds is 8. The number of hydrogen-bond acceptors (Lipinski definition) is 5. The van der Waals surface area contributed by atoms with Crippen molar-refractivity contribution < 1.29 is 9.59 Å². The number of nitrogens with zero attached hydrogens (tertiary/aromatic N) is 2. The van der Waals surface area contributed by atoms with Crippen molar-refractivity contribution in [1.29, 1.82) is 0 Å². The van der Waals surface area contributed by atoms with Gasteiger partial charge in [0.15, 0.2) is 5.16 Å². The van der Waals surface area contributed by atoms with Crippen LogP contribution in [0.25, 0.3) is 11.0 Å². The molecule has 2 heterocycles. The Morgan fingerprint density at radius 3 is 2.56 bits per heavy atom. The lowest BCUT2D eigenvalue weighted by Crippen LogP contribution is -2.23. The van der Waals surface area contributed by atoms with E-state index in [4.69, 9.17) is 0 Å². The number of benzene rings is 3. The second kappa shape index (κ2) is 10.9. The number of aromatic nitrogens is 3. The summed E-state index contributed by atoms with van der Waals surface area (Å²) in [5.74, 6) is 0.112. The van der Waals surface area contributed by atoms with Crippen LogP contribution in [0.4, 0.5) is 5.69 Å². The molecule has 2 amide bonds. The van der Waals surface area contributed by atoms with Crippen LogP contribution in [0.3, 0.4) is 0 Å². The molecule has 5 aromatic rings. The fourth-order valence-corrected chi connectivity index (χ4v) is 4.61. The number of carbonyl (C=O) groups is 2. The van der Waals surface area contributed by atoms with Gasteiger partial charge >= 0.3 is 0 Å². The van der Waals surface area contributed by atoms with Gasteiger partial charge < -0.3 is 15.6 Å². The minimum atomic E-state index is -0.237. The molecule has 2 aromatic heterocycles. The predicted molar refractivity (Wildman–Crippen MR) is 142 cm³/mol. The Morgan fingerprint density at radius 1 is 0.861 bits per heavy atom. The zero-order chi connectivity index (χ0) is 24.7. The Morgan fingerprint density at radius 2 is 1.69 bits per heavy atom. The summed E-state index contributed by atoms with van der Waals surface area (Å²) in [6.45, 7) is 0.326. The highest BCUT2D eigenvalue weighted by atomic mass is 32.2. The van der Waals surface area contributed by atoms with Crippen LogP contribution in [-0.2, 0) is 12.3 Å². The normalized spacial score (nSPS) is 10.8. The summed E-state index contributed by atoms with van der Waals surface area (Å²) in [4.78, 5) is 37.8. The van der Waals surface area contributed by atoms with Crippen molar-refractivity contribution in [2.24, 2.45) is 0 Å². The summed E-state index contributed by atoms with van der Waals surface area (Å²) >= 11 is 1.54. The van der Waals surface area contributed by atoms with Gasteiger partial charge in [0.25, 0.3) is 11.8 Å². The molecule has 0 spiro atoms. The van der Waals surface area contributed by atoms with Gasteiger partial charge in [-0.1, -0.05) is 54.2 Å². The Labute approximate surface area is 212 Å². The first-order valence-electron chi connectivity index (χ1n) is 11.4. The van der Waals surface area contributed by atoms with E-state index in [9.17, 15) is 9.59 Å². The maximum Gasteiger partial charge on any atom is 0.255 e. The number of H-pyrrole nitrogens is 1. The molecule has 0 aliphatic carbocycles. The molecule has 178 valence electrons. The van der Waals surface area contributed by atoms with E-state index in [1.165, 1.54) is 0 Å². The summed E-state index contributed by atoms with van der Waals surface area (Å²) in [6.07, 6.45) is 1.69. The topological polar surface area (TPSA) is 99.8 Å². The van der Waals surface area contributed by atoms with Crippen LogP contribution in [0.2, 0.25) is 0 Å². The van der Waals surface area contributed by atoms with Crippen molar-refractivity contribution >= 4 is 40.3 Å². The molecular weight excluding hydrogens is 470 g/mol. The maximum atomic E-state index is 13.1. The number of nitrogens with one attached hydrogen (secondary N) is 3. The van der Waals surface area contributed by atoms with E-state index in [0.29, 0.717) is 29.1 Å². The van der Waals surface area contributed by atoms with E-state index in [0.717, 1.165) is 27.4 Å². The largest absolute Gasteiger partial charge is 0.346 e. The van der Waals surface area contributed by atoms with Crippen molar-refractivity contribution in [2.45, 2.75) is 17.5 Å². The second-order valence-corrected chi connectivity index (χ2v) is 9.01. The molecule has 0 radical (unpaired) electrons. The number of amides is 2. The number of fused-ring (bicyclic) bond motifs is 1. The Balaban J connectivity index is 1.24. The third-order valence-electron chi connectivity index (χ3n) is 5.53. The molecule has 0 aliphatic rings. The van der Waals surface area contributed by atoms with Crippen molar-refractivity contribution in [2.75, 3.05) is 5.32 Å². The average Bonchev–Trinajstić information content (AvgIpc) is 3.34. The Bertz CT molecular complexity index is 1480. The molecule has 0 unspecified atom stereocenters. The Kier molecular flexibility index (Phi) is 7.05. The highest BCUT2D eigenvalue weighted by Gasteiger charge is 2.14. The van der Waals surface area contributed by atoms with E-state index in [1.807, 2.05) is 60.7 Å². The number of aromatic amines is 1. The molecule has 5 rings (SSSR count). The van der Waals surface area contributed by atoms with Gasteiger partial charge in [0.1, 0.15) is 0 Å². The molecule has 7 nitrogen and oxygen atoms in total. The minimum absolute atomic E-state index is 0.234. The van der Waals surface area contributed by atoms with Crippen LogP contribution in [0.1, 0.15) is 32.0 Å². The van der Waals surface area contributed by atoms with Crippen LogP contribution in [-0.4, -0.2) is 26.8 Å². The number of thioether (sulfide) groups is 1. The summed E-state index contributed by atoms with van der Waals surface area (Å²) in [7, 11) is 0. The molecule has 0 saturated carbocycles. The van der Waals surface area contributed by atoms with Crippen LogP contribution in [0, 0.1) is 0 Å². The van der Waals surface area contributed by atoms with Crippen molar-refractivity contribution in [3.05, 3.63) is 120 Å². The van der Waals surface area contributed by atoms with Crippen LogP contribution < -0.4 is 10.6 Å². The fourth-order valence-electron chi connectivity index (χ4n) is 3.72. The van der Waals surface area contributed by atoms with E-state index in [1.54, 1.807) is 48.3 Å². The molecule has 0 saturated heterocycles. The number of para-hydroxylation sites is 2. The van der Waals surface area contributed by atoms with Crippen LogP contribution in [0.15, 0.2) is 102 Å². The summed E-state index contributed by atoms with van der Waals surface area (Å²) in [5.41, 5.74) is 5.14. The smallest absolute Gasteiger partial charge is 0.255 e.